The Balaban J connectivity index is 2.27. The fourth-order valence-electron chi connectivity index (χ4n) is 2.38. The summed E-state index contributed by atoms with van der Waals surface area (Å²) in [6, 6.07) is 16.3. The van der Waals surface area contributed by atoms with Crippen LogP contribution in [0.4, 0.5) is 11.8 Å². The van der Waals surface area contributed by atoms with Gasteiger partial charge in [0.25, 0.3) is 0 Å². The largest absolute Gasteiger partial charge is 0.508 e. The van der Waals surface area contributed by atoms with Crippen LogP contribution in [0.3, 0.4) is 0 Å². The maximum atomic E-state index is 9.45. The Morgan fingerprint density at radius 2 is 1.57 bits per heavy atom. The first-order valence-electron chi connectivity index (χ1n) is 6.82. The van der Waals surface area contributed by atoms with Crippen LogP contribution in [0.15, 0.2) is 48.5 Å². The van der Waals surface area contributed by atoms with Crippen LogP contribution in [0.5, 0.6) is 5.75 Å². The SMILES string of the molecule is N#Cc1c(N)nc(N)nc1-c1ccccc1-c1ccc(O)cc1. The average Bonchev–Trinajstić information content (AvgIpc) is 2.55. The summed E-state index contributed by atoms with van der Waals surface area (Å²) in [4.78, 5) is 8.03. The van der Waals surface area contributed by atoms with E-state index in [0.717, 1.165) is 16.7 Å². The normalized spacial score (nSPS) is 10.2. The number of benzene rings is 2. The minimum atomic E-state index is 0.0111. The molecule has 0 spiro atoms. The second-order valence-electron chi connectivity index (χ2n) is 4.89. The molecule has 2 aromatic carbocycles. The van der Waals surface area contributed by atoms with Crippen molar-refractivity contribution in [2.75, 3.05) is 11.5 Å². The molecule has 0 amide bonds. The summed E-state index contributed by atoms with van der Waals surface area (Å²) < 4.78 is 0. The van der Waals surface area contributed by atoms with Crippen molar-refractivity contribution in [2.45, 2.75) is 0 Å². The van der Waals surface area contributed by atoms with Gasteiger partial charge < -0.3 is 16.6 Å². The predicted octanol–water partition coefficient (Wildman–Crippen LogP) is 2.55. The van der Waals surface area contributed by atoms with E-state index in [4.69, 9.17) is 11.5 Å². The van der Waals surface area contributed by atoms with Gasteiger partial charge in [-0.3, -0.25) is 0 Å². The fraction of sp³-hybridized carbons (Fsp3) is 0. The van der Waals surface area contributed by atoms with Gasteiger partial charge in [-0.15, -0.1) is 0 Å². The summed E-state index contributed by atoms with van der Waals surface area (Å²) in [5, 5.41) is 18.8. The van der Waals surface area contributed by atoms with Crippen LogP contribution >= 0.6 is 0 Å². The lowest BCUT2D eigenvalue weighted by atomic mass is 9.95. The van der Waals surface area contributed by atoms with Gasteiger partial charge in [0.15, 0.2) is 0 Å². The number of rotatable bonds is 2. The molecule has 0 fully saturated rings. The molecule has 0 unspecified atom stereocenters. The second-order valence-corrected chi connectivity index (χ2v) is 4.89. The first-order valence-corrected chi connectivity index (χ1v) is 6.82. The van der Waals surface area contributed by atoms with E-state index in [9.17, 15) is 10.4 Å². The van der Waals surface area contributed by atoms with Crippen molar-refractivity contribution in [1.82, 2.24) is 9.97 Å². The molecule has 6 nitrogen and oxygen atoms in total. The molecule has 6 heteroatoms. The van der Waals surface area contributed by atoms with E-state index in [1.54, 1.807) is 24.3 Å². The summed E-state index contributed by atoms with van der Waals surface area (Å²) in [5.74, 6) is 0.243. The molecule has 0 saturated carbocycles. The van der Waals surface area contributed by atoms with E-state index < -0.39 is 0 Å². The number of nitrogen functional groups attached to an aromatic ring is 2. The van der Waals surface area contributed by atoms with Crippen LogP contribution < -0.4 is 11.5 Å². The Hall–Kier alpha value is -3.59. The van der Waals surface area contributed by atoms with Crippen LogP contribution in [0, 0.1) is 11.3 Å². The predicted molar refractivity (Wildman–Crippen MR) is 88.1 cm³/mol. The topological polar surface area (TPSA) is 122 Å². The lowest BCUT2D eigenvalue weighted by Gasteiger charge is -2.12. The quantitative estimate of drug-likeness (QED) is 0.668. The highest BCUT2D eigenvalue weighted by Gasteiger charge is 2.16. The minimum Gasteiger partial charge on any atom is -0.508 e. The molecule has 112 valence electrons. The molecule has 5 N–H and O–H groups in total. The zero-order valence-electron chi connectivity index (χ0n) is 12.1. The number of phenols is 1. The van der Waals surface area contributed by atoms with Gasteiger partial charge in [0.05, 0.1) is 5.69 Å². The van der Waals surface area contributed by atoms with Crippen molar-refractivity contribution in [3.05, 3.63) is 54.1 Å². The van der Waals surface area contributed by atoms with Gasteiger partial charge in [-0.1, -0.05) is 36.4 Å². The van der Waals surface area contributed by atoms with Gasteiger partial charge in [0.2, 0.25) is 5.95 Å². The molecule has 0 bridgehead atoms. The summed E-state index contributed by atoms with van der Waals surface area (Å²) in [5.41, 5.74) is 14.5. The highest BCUT2D eigenvalue weighted by molar-refractivity contribution is 5.86. The maximum absolute atomic E-state index is 9.45. The van der Waals surface area contributed by atoms with Crippen LogP contribution in [-0.4, -0.2) is 15.1 Å². The average molecular weight is 303 g/mol. The number of nitriles is 1. The van der Waals surface area contributed by atoms with Crippen LogP contribution in [0.25, 0.3) is 22.4 Å². The molecule has 0 aliphatic rings. The maximum Gasteiger partial charge on any atom is 0.222 e. The van der Waals surface area contributed by atoms with E-state index in [2.05, 4.69) is 9.97 Å². The van der Waals surface area contributed by atoms with Crippen LogP contribution in [-0.2, 0) is 0 Å². The Labute approximate surface area is 132 Å². The smallest absolute Gasteiger partial charge is 0.222 e. The Morgan fingerprint density at radius 1 is 0.913 bits per heavy atom. The zero-order valence-corrected chi connectivity index (χ0v) is 12.1. The van der Waals surface area contributed by atoms with Gasteiger partial charge in [0, 0.05) is 5.56 Å². The van der Waals surface area contributed by atoms with Gasteiger partial charge in [-0.2, -0.15) is 10.2 Å². The van der Waals surface area contributed by atoms with E-state index in [0.29, 0.717) is 5.69 Å². The fourth-order valence-corrected chi connectivity index (χ4v) is 2.38. The molecule has 0 atom stereocenters. The van der Waals surface area contributed by atoms with Crippen LogP contribution in [0.1, 0.15) is 5.56 Å². The van der Waals surface area contributed by atoms with Crippen molar-refractivity contribution >= 4 is 11.8 Å². The number of phenolic OH excluding ortho intramolecular Hbond substituents is 1. The molecule has 1 heterocycles. The molecular formula is C17H13N5O. The third-order valence-electron chi connectivity index (χ3n) is 3.43. The number of aromatic hydroxyl groups is 1. The molecule has 0 aliphatic carbocycles. The van der Waals surface area contributed by atoms with E-state index in [1.807, 2.05) is 30.3 Å². The molecule has 1 aromatic heterocycles. The molecule has 0 radical (unpaired) electrons. The minimum absolute atomic E-state index is 0.0111. The Morgan fingerprint density at radius 3 is 2.22 bits per heavy atom. The molecule has 23 heavy (non-hydrogen) atoms. The monoisotopic (exact) mass is 303 g/mol. The number of aromatic nitrogens is 2. The third kappa shape index (κ3) is 2.63. The van der Waals surface area contributed by atoms with Gasteiger partial charge in [-0.05, 0) is 23.3 Å². The Kier molecular flexibility index (Phi) is 3.53. The lowest BCUT2D eigenvalue weighted by Crippen LogP contribution is -2.05. The first kappa shape index (κ1) is 14.4. The van der Waals surface area contributed by atoms with E-state index >= 15 is 0 Å². The van der Waals surface area contributed by atoms with Crippen molar-refractivity contribution in [1.29, 1.82) is 5.26 Å². The first-order chi connectivity index (χ1) is 11.1. The van der Waals surface area contributed by atoms with Gasteiger partial charge in [0.1, 0.15) is 23.2 Å². The molecule has 0 saturated heterocycles. The second kappa shape index (κ2) is 5.66. The summed E-state index contributed by atoms with van der Waals surface area (Å²) in [6.45, 7) is 0. The summed E-state index contributed by atoms with van der Waals surface area (Å²) in [7, 11) is 0. The molecular weight excluding hydrogens is 290 g/mol. The summed E-state index contributed by atoms with van der Waals surface area (Å²) >= 11 is 0. The van der Waals surface area contributed by atoms with E-state index in [1.165, 1.54) is 0 Å². The number of nitrogens with zero attached hydrogens (tertiary/aromatic N) is 3. The van der Waals surface area contributed by atoms with Gasteiger partial charge >= 0.3 is 0 Å². The van der Waals surface area contributed by atoms with Crippen molar-refractivity contribution in [2.24, 2.45) is 0 Å². The summed E-state index contributed by atoms with van der Waals surface area (Å²) in [6.07, 6.45) is 0. The van der Waals surface area contributed by atoms with E-state index in [-0.39, 0.29) is 23.1 Å². The van der Waals surface area contributed by atoms with Crippen molar-refractivity contribution < 1.29 is 5.11 Å². The number of hydrogen-bond donors (Lipinski definition) is 3. The molecule has 3 aromatic rings. The zero-order chi connectivity index (χ0) is 16.4. The lowest BCUT2D eigenvalue weighted by molar-refractivity contribution is 0.475. The number of hydrogen-bond acceptors (Lipinski definition) is 6. The highest BCUT2D eigenvalue weighted by Crippen LogP contribution is 2.34. The van der Waals surface area contributed by atoms with Crippen molar-refractivity contribution in [3.8, 4) is 34.2 Å². The number of anilines is 2. The van der Waals surface area contributed by atoms with Crippen LogP contribution in [0.2, 0.25) is 0 Å². The highest BCUT2D eigenvalue weighted by atomic mass is 16.3. The van der Waals surface area contributed by atoms with Crippen molar-refractivity contribution in [3.63, 3.8) is 0 Å². The van der Waals surface area contributed by atoms with Gasteiger partial charge in [-0.25, -0.2) is 4.98 Å². The molecule has 3 rings (SSSR count). The molecule has 0 aliphatic heterocycles. The number of nitrogens with two attached hydrogens (primary N) is 2. The standard InChI is InChI=1S/C17H13N5O/c18-9-14-15(21-17(20)22-16(14)19)13-4-2-1-3-12(13)10-5-7-11(23)8-6-10/h1-8,23H,(H4,19,20,21,22). The third-order valence-corrected chi connectivity index (χ3v) is 3.43. The Bertz CT molecular complexity index is 913.